The molecule has 0 saturated heterocycles. The molecule has 1 aliphatic carbocycles. The first-order valence-corrected chi connectivity index (χ1v) is 12.6. The minimum Gasteiger partial charge on any atom is -0.400 e. The molecular weight excluding hydrogens is 399 g/mol. The van der Waals surface area contributed by atoms with Crippen molar-refractivity contribution in [1.29, 1.82) is 0 Å². The fraction of sp³-hybridized carbons (Fsp3) is 0.360. The van der Waals surface area contributed by atoms with Crippen molar-refractivity contribution in [2.24, 2.45) is 0 Å². The van der Waals surface area contributed by atoms with Crippen LogP contribution in [0.25, 0.3) is 0 Å². The predicted molar refractivity (Wildman–Crippen MR) is 125 cm³/mol. The van der Waals surface area contributed by atoms with E-state index in [9.17, 15) is 4.39 Å². The number of allylic oxidation sites excluding steroid dienone is 1. The SMILES string of the molecule is C=C1[C@@H](F)CC(=CCCl)C[C@H]1O[Si](c1ccccc1)(c1ccccc1)C(C)(C)C. The van der Waals surface area contributed by atoms with E-state index in [1.54, 1.807) is 0 Å². The zero-order chi connectivity index (χ0) is 21.1. The van der Waals surface area contributed by atoms with Crippen LogP contribution < -0.4 is 10.4 Å². The lowest BCUT2D eigenvalue weighted by molar-refractivity contribution is 0.178. The third-order valence-corrected chi connectivity index (χ3v) is 11.0. The van der Waals surface area contributed by atoms with Gasteiger partial charge in [0, 0.05) is 12.3 Å². The maximum atomic E-state index is 14.8. The molecule has 0 unspecified atom stereocenters. The van der Waals surface area contributed by atoms with Crippen LogP contribution in [0.2, 0.25) is 5.04 Å². The summed E-state index contributed by atoms with van der Waals surface area (Å²) >= 11 is 5.91. The Balaban J connectivity index is 2.15. The molecule has 1 nitrogen and oxygen atoms in total. The van der Waals surface area contributed by atoms with Gasteiger partial charge in [0.15, 0.2) is 0 Å². The summed E-state index contributed by atoms with van der Waals surface area (Å²) in [6, 6.07) is 20.9. The van der Waals surface area contributed by atoms with Gasteiger partial charge in [-0.3, -0.25) is 0 Å². The highest BCUT2D eigenvalue weighted by atomic mass is 35.5. The molecule has 1 aliphatic rings. The molecule has 2 aromatic carbocycles. The molecule has 0 heterocycles. The van der Waals surface area contributed by atoms with Crippen LogP contribution in [0.1, 0.15) is 33.6 Å². The van der Waals surface area contributed by atoms with E-state index in [4.69, 9.17) is 16.0 Å². The summed E-state index contributed by atoms with van der Waals surface area (Å²) in [6.45, 7) is 10.8. The Morgan fingerprint density at radius 3 is 2.00 bits per heavy atom. The Labute approximate surface area is 180 Å². The molecule has 0 N–H and O–H groups in total. The summed E-state index contributed by atoms with van der Waals surface area (Å²) in [6.07, 6.45) is 1.48. The van der Waals surface area contributed by atoms with Gasteiger partial charge >= 0.3 is 0 Å². The Morgan fingerprint density at radius 1 is 1.03 bits per heavy atom. The molecule has 0 bridgehead atoms. The average Bonchev–Trinajstić information content (AvgIpc) is 2.70. The Hall–Kier alpha value is -1.68. The summed E-state index contributed by atoms with van der Waals surface area (Å²) in [4.78, 5) is 0. The molecule has 29 heavy (non-hydrogen) atoms. The van der Waals surface area contributed by atoms with Crippen LogP contribution in [0.15, 0.2) is 84.5 Å². The molecule has 2 aromatic rings. The maximum Gasteiger partial charge on any atom is 0.261 e. The first-order chi connectivity index (χ1) is 13.8. The molecule has 1 fully saturated rings. The van der Waals surface area contributed by atoms with Gasteiger partial charge in [-0.05, 0) is 27.4 Å². The van der Waals surface area contributed by atoms with Crippen molar-refractivity contribution < 1.29 is 8.82 Å². The Kier molecular flexibility index (Phi) is 6.82. The molecular formula is C25H30ClFOSi. The normalized spacial score (nSPS) is 22.1. The molecule has 0 spiro atoms. The molecule has 1 saturated carbocycles. The highest BCUT2D eigenvalue weighted by Gasteiger charge is 2.52. The molecule has 0 amide bonds. The van der Waals surface area contributed by atoms with Crippen LogP contribution in [0.3, 0.4) is 0 Å². The molecule has 0 aliphatic heterocycles. The van der Waals surface area contributed by atoms with Gasteiger partial charge in [0.2, 0.25) is 0 Å². The fourth-order valence-corrected chi connectivity index (χ4v) is 9.21. The summed E-state index contributed by atoms with van der Waals surface area (Å²) in [5, 5.41) is 2.22. The van der Waals surface area contributed by atoms with Crippen molar-refractivity contribution in [2.45, 2.75) is 50.9 Å². The minimum absolute atomic E-state index is 0.157. The molecule has 2 atom stereocenters. The molecule has 0 radical (unpaired) electrons. The lowest BCUT2D eigenvalue weighted by atomic mass is 9.87. The van der Waals surface area contributed by atoms with Crippen molar-refractivity contribution in [3.8, 4) is 0 Å². The van der Waals surface area contributed by atoms with Gasteiger partial charge < -0.3 is 4.43 Å². The number of hydrogen-bond donors (Lipinski definition) is 0. The van der Waals surface area contributed by atoms with Crippen molar-refractivity contribution in [2.75, 3.05) is 5.88 Å². The van der Waals surface area contributed by atoms with Crippen molar-refractivity contribution in [3.63, 3.8) is 0 Å². The van der Waals surface area contributed by atoms with Gasteiger partial charge in [0.25, 0.3) is 8.32 Å². The first kappa shape index (κ1) is 22.0. The third-order valence-electron chi connectivity index (χ3n) is 5.81. The lowest BCUT2D eigenvalue weighted by Crippen LogP contribution is -2.68. The second-order valence-corrected chi connectivity index (χ2v) is 13.3. The standard InChI is InChI=1S/C25H30ClFOSi/c1-19-23(27)17-20(15-16-26)18-24(19)28-29(25(2,3)4,21-11-7-5-8-12-21)22-13-9-6-10-14-22/h5-15,23-24H,1,16-18H2,2-4H3/t23-,24+/m0/s1. The zero-order valence-corrected chi connectivity index (χ0v) is 19.3. The highest BCUT2D eigenvalue weighted by Crippen LogP contribution is 2.41. The zero-order valence-electron chi connectivity index (χ0n) is 17.5. The number of benzene rings is 2. The highest BCUT2D eigenvalue weighted by molar-refractivity contribution is 6.99. The summed E-state index contributed by atoms with van der Waals surface area (Å²) in [7, 11) is -2.75. The van der Waals surface area contributed by atoms with Crippen molar-refractivity contribution in [1.82, 2.24) is 0 Å². The first-order valence-electron chi connectivity index (χ1n) is 10.1. The van der Waals surface area contributed by atoms with Gasteiger partial charge in [0.1, 0.15) is 6.17 Å². The maximum absolute atomic E-state index is 14.8. The molecule has 4 heteroatoms. The molecule has 3 rings (SSSR count). The topological polar surface area (TPSA) is 9.23 Å². The third kappa shape index (κ3) is 4.42. The summed E-state index contributed by atoms with van der Waals surface area (Å²) in [5.41, 5.74) is 1.56. The van der Waals surface area contributed by atoms with E-state index in [0.29, 0.717) is 24.3 Å². The van der Waals surface area contributed by atoms with Crippen LogP contribution in [0, 0.1) is 0 Å². The van der Waals surface area contributed by atoms with E-state index >= 15 is 0 Å². The predicted octanol–water partition coefficient (Wildman–Crippen LogP) is 5.78. The molecule has 0 aromatic heterocycles. The van der Waals surface area contributed by atoms with Crippen LogP contribution >= 0.6 is 11.6 Å². The van der Waals surface area contributed by atoms with E-state index in [2.05, 4.69) is 75.9 Å². The fourth-order valence-electron chi connectivity index (χ4n) is 4.31. The van der Waals surface area contributed by atoms with Gasteiger partial charge in [-0.2, -0.15) is 0 Å². The summed E-state index contributed by atoms with van der Waals surface area (Å²) in [5.74, 6) is 0.389. The number of hydrogen-bond acceptors (Lipinski definition) is 1. The molecule has 154 valence electrons. The van der Waals surface area contributed by atoms with Gasteiger partial charge in [-0.25, -0.2) is 4.39 Å². The second kappa shape index (κ2) is 8.99. The van der Waals surface area contributed by atoms with Gasteiger partial charge in [-0.1, -0.05) is 99.7 Å². The number of alkyl halides is 2. The number of halogens is 2. The average molecular weight is 429 g/mol. The number of rotatable bonds is 5. The minimum atomic E-state index is -2.75. The van der Waals surface area contributed by atoms with E-state index in [1.165, 1.54) is 10.4 Å². The van der Waals surface area contributed by atoms with Crippen LogP contribution in [-0.4, -0.2) is 26.5 Å². The smallest absolute Gasteiger partial charge is 0.261 e. The van der Waals surface area contributed by atoms with Crippen molar-refractivity contribution >= 4 is 30.3 Å². The quantitative estimate of drug-likeness (QED) is 0.333. The van der Waals surface area contributed by atoms with Crippen LogP contribution in [0.5, 0.6) is 0 Å². The summed E-state index contributed by atoms with van der Waals surface area (Å²) < 4.78 is 21.9. The van der Waals surface area contributed by atoms with E-state index in [1.807, 2.05) is 18.2 Å². The second-order valence-electron chi connectivity index (χ2n) is 8.74. The van der Waals surface area contributed by atoms with Crippen LogP contribution in [0.4, 0.5) is 4.39 Å². The van der Waals surface area contributed by atoms with Gasteiger partial charge in [-0.15, -0.1) is 11.6 Å². The van der Waals surface area contributed by atoms with E-state index < -0.39 is 14.5 Å². The van der Waals surface area contributed by atoms with Crippen molar-refractivity contribution in [3.05, 3.63) is 84.5 Å². The van der Waals surface area contributed by atoms with Gasteiger partial charge in [0.05, 0.1) is 6.10 Å². The lowest BCUT2D eigenvalue weighted by Gasteiger charge is -2.46. The van der Waals surface area contributed by atoms with Crippen LogP contribution in [-0.2, 0) is 4.43 Å². The van der Waals surface area contributed by atoms with E-state index in [0.717, 1.165) is 5.57 Å². The Morgan fingerprint density at radius 2 is 1.55 bits per heavy atom. The van der Waals surface area contributed by atoms with E-state index in [-0.39, 0.29) is 11.1 Å². The largest absolute Gasteiger partial charge is 0.400 e. The Bertz CT molecular complexity index is 818. The monoisotopic (exact) mass is 428 g/mol.